The monoisotopic (exact) mass is 572 g/mol. The number of amidine groups is 1. The number of carbonyl (C=O) groups is 2. The van der Waals surface area contributed by atoms with Gasteiger partial charge in [-0.05, 0) is 43.0 Å². The molecule has 40 heavy (non-hydrogen) atoms. The van der Waals surface area contributed by atoms with E-state index in [1.165, 1.54) is 15.9 Å². The lowest BCUT2D eigenvalue weighted by Crippen LogP contribution is -2.57. The van der Waals surface area contributed by atoms with E-state index in [9.17, 15) is 18.4 Å². The zero-order valence-corrected chi connectivity index (χ0v) is 24.1. The normalized spacial score (nSPS) is 18.8. The van der Waals surface area contributed by atoms with Crippen molar-refractivity contribution in [3.05, 3.63) is 58.6 Å². The van der Waals surface area contributed by atoms with Crippen LogP contribution in [0.3, 0.4) is 0 Å². The minimum atomic E-state index is -2.83. The molecule has 0 bridgehead atoms. The highest BCUT2D eigenvalue weighted by Crippen LogP contribution is 2.40. The molecular weight excluding hydrogens is 538 g/mol. The third kappa shape index (κ3) is 5.54. The molecule has 0 radical (unpaired) electrons. The molecule has 8 nitrogen and oxygen atoms in total. The van der Waals surface area contributed by atoms with Gasteiger partial charge < -0.3 is 14.7 Å². The summed E-state index contributed by atoms with van der Waals surface area (Å²) in [5, 5.41) is 0.189. The van der Waals surface area contributed by atoms with Crippen molar-refractivity contribution in [2.45, 2.75) is 45.6 Å². The van der Waals surface area contributed by atoms with E-state index in [2.05, 4.69) is 16.5 Å². The van der Waals surface area contributed by atoms with Crippen molar-refractivity contribution < 1.29 is 18.4 Å². The molecule has 2 saturated heterocycles. The Kier molecular flexibility index (Phi) is 8.77. The summed E-state index contributed by atoms with van der Waals surface area (Å²) in [4.78, 5) is 41.1. The number of hydrogen-bond acceptors (Lipinski definition) is 5. The zero-order valence-electron chi connectivity index (χ0n) is 23.3. The summed E-state index contributed by atoms with van der Waals surface area (Å²) in [7, 11) is 1.65. The maximum absolute atomic E-state index is 13.8. The molecule has 0 N–H and O–H groups in total. The Morgan fingerprint density at radius 2 is 1.90 bits per heavy atom. The Morgan fingerprint density at radius 3 is 2.40 bits per heavy atom. The van der Waals surface area contributed by atoms with Crippen molar-refractivity contribution in [2.75, 3.05) is 49.6 Å². The van der Waals surface area contributed by atoms with E-state index in [4.69, 9.17) is 16.6 Å². The summed E-state index contributed by atoms with van der Waals surface area (Å²) in [6.45, 7) is 9.98. The Balaban J connectivity index is 1.87. The fourth-order valence-corrected chi connectivity index (χ4v) is 5.71. The number of anilines is 3. The first-order valence-electron chi connectivity index (χ1n) is 13.4. The molecule has 0 saturated carbocycles. The number of hydrogen-bond donors (Lipinski definition) is 0. The number of aliphatic imine (C=N–C) groups is 1. The first kappa shape index (κ1) is 29.5. The highest BCUT2D eigenvalue weighted by Gasteiger charge is 2.45. The molecule has 0 spiro atoms. The number of pyridine rings is 1. The third-order valence-electron chi connectivity index (χ3n) is 7.46. The minimum Gasteiger partial charge on any atom is -0.350 e. The number of nitrogens with zero attached hydrogens (tertiary/aromatic N) is 6. The van der Waals surface area contributed by atoms with Gasteiger partial charge in [0.2, 0.25) is 12.3 Å². The summed E-state index contributed by atoms with van der Waals surface area (Å²) in [6.07, 6.45) is 3.36. The molecule has 0 aliphatic carbocycles. The first-order chi connectivity index (χ1) is 19.1. The molecule has 214 valence electrons. The Labute approximate surface area is 238 Å². The average Bonchev–Trinajstić information content (AvgIpc) is 2.93. The Morgan fingerprint density at radius 1 is 1.25 bits per heavy atom. The lowest BCUT2D eigenvalue weighted by atomic mass is 10.0. The Bertz CT molecular complexity index is 1300. The van der Waals surface area contributed by atoms with Crippen LogP contribution in [0.1, 0.15) is 37.5 Å². The van der Waals surface area contributed by atoms with E-state index >= 15 is 0 Å². The molecule has 2 aliphatic heterocycles. The molecule has 2 amide bonds. The summed E-state index contributed by atoms with van der Waals surface area (Å²) in [5.74, 6) is -1.97. The van der Waals surface area contributed by atoms with E-state index in [-0.39, 0.29) is 28.6 Å². The van der Waals surface area contributed by atoms with Crippen LogP contribution in [-0.2, 0) is 22.4 Å². The maximum atomic E-state index is 13.8. The van der Waals surface area contributed by atoms with Gasteiger partial charge in [0.05, 0.1) is 29.4 Å². The summed E-state index contributed by atoms with van der Waals surface area (Å²) < 4.78 is 27.6. The lowest BCUT2D eigenvalue weighted by Gasteiger charge is -2.42. The fourth-order valence-electron chi connectivity index (χ4n) is 5.44. The maximum Gasteiger partial charge on any atom is 0.282 e. The van der Waals surface area contributed by atoms with E-state index in [0.717, 1.165) is 11.1 Å². The van der Waals surface area contributed by atoms with Crippen molar-refractivity contribution in [2.24, 2.45) is 4.99 Å². The average molecular weight is 573 g/mol. The number of benzene rings is 1. The highest BCUT2D eigenvalue weighted by atomic mass is 35.5. The van der Waals surface area contributed by atoms with Crippen molar-refractivity contribution in [3.63, 3.8) is 0 Å². The number of alkyl halides is 2. The number of rotatable bonds is 8. The third-order valence-corrected chi connectivity index (χ3v) is 7.74. The molecule has 4 rings (SSSR count). The molecule has 3 heterocycles. The molecule has 1 aromatic carbocycles. The van der Waals surface area contributed by atoms with Gasteiger partial charge in [-0.15, -0.1) is 0 Å². The van der Waals surface area contributed by atoms with Crippen molar-refractivity contribution in [1.82, 2.24) is 14.8 Å². The van der Waals surface area contributed by atoms with Gasteiger partial charge in [0.25, 0.3) is 5.92 Å². The molecule has 2 fully saturated rings. The molecular formula is C29H35ClF2N6O2. The van der Waals surface area contributed by atoms with Crippen LogP contribution in [0.2, 0.25) is 5.02 Å². The second-order valence-corrected chi connectivity index (χ2v) is 10.5. The van der Waals surface area contributed by atoms with Crippen LogP contribution in [0.4, 0.5) is 26.1 Å². The smallest absolute Gasteiger partial charge is 0.282 e. The first-order valence-corrected chi connectivity index (χ1v) is 13.8. The number of carbonyl (C=O) groups excluding carboxylic acids is 2. The number of amides is 2. The summed E-state index contributed by atoms with van der Waals surface area (Å²) in [6, 6.07) is 7.42. The van der Waals surface area contributed by atoms with Crippen LogP contribution in [0, 0.1) is 0 Å². The molecule has 11 heteroatoms. The van der Waals surface area contributed by atoms with Crippen LogP contribution in [0.15, 0.2) is 41.9 Å². The topological polar surface area (TPSA) is 72.4 Å². The predicted molar refractivity (Wildman–Crippen MR) is 155 cm³/mol. The second-order valence-electron chi connectivity index (χ2n) is 10.1. The highest BCUT2D eigenvalue weighted by molar-refractivity contribution is 6.33. The zero-order chi connectivity index (χ0) is 29.2. The van der Waals surface area contributed by atoms with Crippen molar-refractivity contribution in [3.8, 4) is 0 Å². The van der Waals surface area contributed by atoms with Crippen LogP contribution < -0.4 is 9.80 Å². The van der Waals surface area contributed by atoms with Gasteiger partial charge >= 0.3 is 0 Å². The van der Waals surface area contributed by atoms with Gasteiger partial charge in [0.15, 0.2) is 5.82 Å². The fraction of sp³-hybridized carbons (Fsp3) is 0.448. The summed E-state index contributed by atoms with van der Waals surface area (Å²) >= 11 is 6.68. The largest absolute Gasteiger partial charge is 0.350 e. The van der Waals surface area contributed by atoms with Gasteiger partial charge in [-0.3, -0.25) is 19.5 Å². The number of halogens is 3. The molecule has 1 unspecified atom stereocenters. The van der Waals surface area contributed by atoms with Crippen LogP contribution in [0.5, 0.6) is 0 Å². The minimum absolute atomic E-state index is 0.115. The molecule has 1 atom stereocenters. The molecule has 1 aromatic heterocycles. The van der Waals surface area contributed by atoms with E-state index < -0.39 is 19.0 Å². The predicted octanol–water partition coefficient (Wildman–Crippen LogP) is 4.70. The number of aromatic nitrogens is 1. The van der Waals surface area contributed by atoms with Crippen LogP contribution >= 0.6 is 11.6 Å². The van der Waals surface area contributed by atoms with E-state index in [1.807, 2.05) is 39.0 Å². The van der Waals surface area contributed by atoms with E-state index in [0.29, 0.717) is 56.0 Å². The number of piperazine rings is 1. The van der Waals surface area contributed by atoms with E-state index in [1.54, 1.807) is 18.0 Å². The molecule has 2 aromatic rings. The van der Waals surface area contributed by atoms with Crippen molar-refractivity contribution >= 4 is 47.1 Å². The standard InChI is InChI=1S/C29H35ClF2N6O2/c1-6-20-10-9-11-21(7-2)25(20)38(18-39)27-22(14-23(30)28(34-27)36-16-29(31,32)17-36)26(33-5)37-13-12-35(15-19(37)4)24(40)8-3/h8-11,14,18-19H,3,6-7,12-13,15-17H2,1-2,4-5H3/b33-26+. The number of aryl methyl sites for hydroxylation is 2. The SMILES string of the molecule is C=CC(=O)N1CCN(/C(=N/C)c2cc(Cl)c(N3CC(F)(F)C3)nc2N(C=O)c2c(CC)cccc2CC)C(C)C1. The quantitative estimate of drug-likeness (QED) is 0.198. The van der Waals surface area contributed by atoms with Gasteiger partial charge in [-0.2, -0.15) is 0 Å². The molecule has 2 aliphatic rings. The van der Waals surface area contributed by atoms with Gasteiger partial charge in [-0.1, -0.05) is 50.2 Å². The summed E-state index contributed by atoms with van der Waals surface area (Å²) in [5.41, 5.74) is 3.11. The van der Waals surface area contributed by atoms with Crippen molar-refractivity contribution in [1.29, 1.82) is 0 Å². The van der Waals surface area contributed by atoms with Crippen LogP contribution in [-0.4, -0.2) is 84.7 Å². The lowest BCUT2D eigenvalue weighted by molar-refractivity contribution is -0.128. The van der Waals surface area contributed by atoms with Gasteiger partial charge in [0, 0.05) is 32.7 Å². The van der Waals surface area contributed by atoms with Gasteiger partial charge in [-0.25, -0.2) is 13.8 Å². The van der Waals surface area contributed by atoms with Gasteiger partial charge in [0.1, 0.15) is 11.7 Å². The number of para-hydroxylation sites is 1. The Hall–Kier alpha value is -3.53. The van der Waals surface area contributed by atoms with Crippen LogP contribution in [0.25, 0.3) is 0 Å². The second kappa shape index (κ2) is 11.9.